The lowest BCUT2D eigenvalue weighted by molar-refractivity contribution is -0.136. The van der Waals surface area contributed by atoms with Crippen LogP contribution in [-0.4, -0.2) is 17.8 Å². The van der Waals surface area contributed by atoms with Crippen molar-refractivity contribution in [3.8, 4) is 6.07 Å². The highest BCUT2D eigenvalue weighted by molar-refractivity contribution is 7.81. The van der Waals surface area contributed by atoms with Crippen LogP contribution >= 0.6 is 12.6 Å². The van der Waals surface area contributed by atoms with Crippen LogP contribution in [0.1, 0.15) is 5.56 Å². The van der Waals surface area contributed by atoms with Crippen LogP contribution in [0.5, 0.6) is 0 Å². The number of hydrogen-bond acceptors (Lipinski definition) is 5. The second-order valence-corrected chi connectivity index (χ2v) is 4.92. The van der Waals surface area contributed by atoms with E-state index in [1.165, 1.54) is 12.1 Å². The Hall–Kier alpha value is -2.26. The topological polar surface area (TPSA) is 62.1 Å². The summed E-state index contributed by atoms with van der Waals surface area (Å²) < 4.78 is 17.9. The zero-order valence-electron chi connectivity index (χ0n) is 10.2. The number of carbonyl (C=O) groups is 1. The van der Waals surface area contributed by atoms with Gasteiger partial charge in [0.1, 0.15) is 12.4 Å². The van der Waals surface area contributed by atoms with Crippen molar-refractivity contribution in [2.45, 2.75) is 5.25 Å². The van der Waals surface area contributed by atoms with Crippen molar-refractivity contribution in [2.75, 3.05) is 6.61 Å². The van der Waals surface area contributed by atoms with Crippen molar-refractivity contribution in [1.82, 2.24) is 5.32 Å². The molecule has 0 spiro atoms. The van der Waals surface area contributed by atoms with Crippen molar-refractivity contribution in [1.29, 1.82) is 5.26 Å². The molecule has 2 heterocycles. The predicted molar refractivity (Wildman–Crippen MR) is 72.8 cm³/mol. The second kappa shape index (κ2) is 4.69. The lowest BCUT2D eigenvalue weighted by Crippen LogP contribution is -2.27. The highest BCUT2D eigenvalue weighted by Crippen LogP contribution is 2.35. The van der Waals surface area contributed by atoms with Gasteiger partial charge in [0.05, 0.1) is 33.9 Å². The predicted octanol–water partition coefficient (Wildman–Crippen LogP) is 1.77. The molecule has 1 atom stereocenters. The maximum absolute atomic E-state index is 13.0. The summed E-state index contributed by atoms with van der Waals surface area (Å²) in [7, 11) is 0. The number of ether oxygens (including phenoxy) is 1. The molecule has 1 aromatic carbocycles. The molecule has 0 radical (unpaired) electrons. The van der Waals surface area contributed by atoms with Gasteiger partial charge >= 0.3 is 5.97 Å². The maximum atomic E-state index is 13.0. The van der Waals surface area contributed by atoms with E-state index in [9.17, 15) is 14.4 Å². The molecule has 6 heteroatoms. The molecule has 1 unspecified atom stereocenters. The zero-order chi connectivity index (χ0) is 14.3. The van der Waals surface area contributed by atoms with E-state index >= 15 is 0 Å². The van der Waals surface area contributed by atoms with Gasteiger partial charge in [0.25, 0.3) is 0 Å². The van der Waals surface area contributed by atoms with Crippen LogP contribution in [0.15, 0.2) is 41.1 Å². The summed E-state index contributed by atoms with van der Waals surface area (Å²) >= 11 is 4.35. The van der Waals surface area contributed by atoms with Crippen molar-refractivity contribution in [3.05, 3.63) is 52.5 Å². The van der Waals surface area contributed by atoms with Gasteiger partial charge in [0, 0.05) is 0 Å². The Bertz CT molecular complexity index is 701. The average molecular weight is 288 g/mol. The van der Waals surface area contributed by atoms with Crippen LogP contribution in [-0.2, 0) is 9.53 Å². The summed E-state index contributed by atoms with van der Waals surface area (Å²) in [6, 6.07) is 7.82. The molecule has 0 fully saturated rings. The molecule has 0 aromatic heterocycles. The number of rotatable bonds is 1. The Morgan fingerprint density at radius 3 is 2.75 bits per heavy atom. The summed E-state index contributed by atoms with van der Waals surface area (Å²) in [6.07, 6.45) is 0. The van der Waals surface area contributed by atoms with E-state index < -0.39 is 11.2 Å². The number of hydrogen-bond donors (Lipinski definition) is 2. The number of esters is 1. The summed E-state index contributed by atoms with van der Waals surface area (Å²) in [5.41, 5.74) is 2.49. The lowest BCUT2D eigenvalue weighted by Gasteiger charge is -2.23. The molecule has 0 saturated heterocycles. The number of dihydropyridines is 1. The summed E-state index contributed by atoms with van der Waals surface area (Å²) in [6.45, 7) is 0.134. The van der Waals surface area contributed by atoms with Gasteiger partial charge in [-0.1, -0.05) is 0 Å². The van der Waals surface area contributed by atoms with Gasteiger partial charge in [0.15, 0.2) is 0 Å². The zero-order valence-corrected chi connectivity index (χ0v) is 11.1. The number of nitrogens with zero attached hydrogens (tertiary/aromatic N) is 1. The van der Waals surface area contributed by atoms with Gasteiger partial charge < -0.3 is 10.1 Å². The van der Waals surface area contributed by atoms with Crippen molar-refractivity contribution in [2.24, 2.45) is 0 Å². The minimum absolute atomic E-state index is 0.134. The summed E-state index contributed by atoms with van der Waals surface area (Å²) in [5, 5.41) is 11.7. The fourth-order valence-corrected chi connectivity index (χ4v) is 2.71. The highest BCUT2D eigenvalue weighted by Gasteiger charge is 2.37. The molecule has 0 amide bonds. The molecule has 4 nitrogen and oxygen atoms in total. The number of nitriles is 1. The first-order chi connectivity index (χ1) is 9.61. The van der Waals surface area contributed by atoms with Crippen LogP contribution in [0.4, 0.5) is 4.39 Å². The molecule has 2 aliphatic rings. The standard InChI is InChI=1S/C14H9FN2O2S/c15-8-3-1-7(2-4-8)12-9(5-16)13(20)11-10(17-12)6-19-14(11)18/h1-4,13,17,20H,6H2. The van der Waals surface area contributed by atoms with Gasteiger partial charge in [-0.05, 0) is 29.8 Å². The van der Waals surface area contributed by atoms with Gasteiger partial charge in [-0.15, -0.1) is 0 Å². The van der Waals surface area contributed by atoms with Gasteiger partial charge in [-0.25, -0.2) is 9.18 Å². The van der Waals surface area contributed by atoms with E-state index in [4.69, 9.17) is 4.74 Å². The molecule has 0 aliphatic carbocycles. The van der Waals surface area contributed by atoms with E-state index in [0.29, 0.717) is 28.1 Å². The van der Waals surface area contributed by atoms with Crippen molar-refractivity contribution in [3.63, 3.8) is 0 Å². The second-order valence-electron chi connectivity index (χ2n) is 4.40. The van der Waals surface area contributed by atoms with Gasteiger partial charge in [-0.2, -0.15) is 17.9 Å². The fraction of sp³-hybridized carbons (Fsp3) is 0.143. The number of halogens is 1. The third kappa shape index (κ3) is 1.87. The first kappa shape index (κ1) is 12.8. The van der Waals surface area contributed by atoms with E-state index in [1.807, 2.05) is 0 Å². The average Bonchev–Trinajstić information content (AvgIpc) is 2.81. The Morgan fingerprint density at radius 1 is 1.40 bits per heavy atom. The van der Waals surface area contributed by atoms with Crippen molar-refractivity contribution < 1.29 is 13.9 Å². The normalized spacial score (nSPS) is 21.2. The first-order valence-corrected chi connectivity index (χ1v) is 6.39. The Morgan fingerprint density at radius 2 is 2.10 bits per heavy atom. The molecule has 3 rings (SSSR count). The lowest BCUT2D eigenvalue weighted by atomic mass is 9.95. The number of cyclic esters (lactones) is 1. The third-order valence-electron chi connectivity index (χ3n) is 3.24. The van der Waals surface area contributed by atoms with Crippen LogP contribution in [0.3, 0.4) is 0 Å². The van der Waals surface area contributed by atoms with Crippen LogP contribution in [0.25, 0.3) is 5.70 Å². The molecule has 1 aromatic rings. The minimum Gasteiger partial charge on any atom is -0.456 e. The largest absolute Gasteiger partial charge is 0.456 e. The van der Waals surface area contributed by atoms with Crippen molar-refractivity contribution >= 4 is 24.3 Å². The third-order valence-corrected chi connectivity index (χ3v) is 3.75. The summed E-state index contributed by atoms with van der Waals surface area (Å²) in [5.74, 6) is -0.816. The fourth-order valence-electron chi connectivity index (χ4n) is 2.26. The number of carbonyl (C=O) groups excluding carboxylic acids is 1. The molecular formula is C14H9FN2O2S. The number of thiol groups is 1. The molecule has 2 aliphatic heterocycles. The van der Waals surface area contributed by atoms with Crippen LogP contribution in [0.2, 0.25) is 0 Å². The number of benzene rings is 1. The Labute approximate surface area is 119 Å². The first-order valence-electron chi connectivity index (χ1n) is 5.87. The van der Waals surface area contributed by atoms with E-state index in [0.717, 1.165) is 0 Å². The molecular weight excluding hydrogens is 279 g/mol. The Balaban J connectivity index is 2.08. The van der Waals surface area contributed by atoms with E-state index in [1.54, 1.807) is 12.1 Å². The van der Waals surface area contributed by atoms with Gasteiger partial charge in [0.2, 0.25) is 0 Å². The molecule has 0 bridgehead atoms. The smallest absolute Gasteiger partial charge is 0.337 e. The summed E-state index contributed by atoms with van der Waals surface area (Å²) in [4.78, 5) is 11.6. The van der Waals surface area contributed by atoms with E-state index in [-0.39, 0.29) is 12.4 Å². The van der Waals surface area contributed by atoms with Crippen LogP contribution < -0.4 is 5.32 Å². The monoisotopic (exact) mass is 288 g/mol. The Kier molecular flexibility index (Phi) is 2.99. The molecule has 100 valence electrons. The van der Waals surface area contributed by atoms with E-state index in [2.05, 4.69) is 24.0 Å². The SMILES string of the molecule is N#CC1=C(c2ccc(F)cc2)NC2=C(C(=O)OC2)C1S. The quantitative estimate of drug-likeness (QED) is 0.611. The van der Waals surface area contributed by atoms with Gasteiger partial charge in [-0.3, -0.25) is 0 Å². The molecule has 0 saturated carbocycles. The molecule has 20 heavy (non-hydrogen) atoms. The maximum Gasteiger partial charge on any atom is 0.337 e. The molecule has 1 N–H and O–H groups in total. The number of nitrogens with one attached hydrogen (secondary N) is 1. The van der Waals surface area contributed by atoms with Crippen LogP contribution in [0, 0.1) is 17.1 Å². The minimum atomic E-state index is -0.633. The highest BCUT2D eigenvalue weighted by atomic mass is 32.1.